The van der Waals surface area contributed by atoms with Gasteiger partial charge in [0.2, 0.25) is 5.91 Å². The van der Waals surface area contributed by atoms with Gasteiger partial charge in [-0.15, -0.1) is 0 Å². The summed E-state index contributed by atoms with van der Waals surface area (Å²) >= 11 is 0. The topological polar surface area (TPSA) is 64.3 Å². The molecular weight excluding hydrogens is 252 g/mol. The van der Waals surface area contributed by atoms with Crippen LogP contribution in [-0.2, 0) is 9.53 Å². The number of carbonyl (C=O) groups excluding carboxylic acids is 1. The number of unbranched alkanes of at least 4 members (excludes halogenated alkanes) is 1. The molecule has 1 unspecified atom stereocenters. The molecule has 0 bridgehead atoms. The molecule has 4 heteroatoms. The summed E-state index contributed by atoms with van der Waals surface area (Å²) in [5.74, 6) is 0.359. The second-order valence-corrected chi connectivity index (χ2v) is 5.95. The van der Waals surface area contributed by atoms with E-state index in [9.17, 15) is 4.79 Å². The molecule has 1 fully saturated rings. The minimum absolute atomic E-state index is 0.169. The van der Waals surface area contributed by atoms with Crippen LogP contribution >= 0.6 is 0 Å². The number of hydrogen-bond donors (Lipinski definition) is 2. The molecule has 1 aliphatic rings. The van der Waals surface area contributed by atoms with Crippen LogP contribution in [0.2, 0.25) is 0 Å². The third kappa shape index (κ3) is 6.71. The predicted octanol–water partition coefficient (Wildman–Crippen LogP) is 2.61. The molecule has 1 amide bonds. The van der Waals surface area contributed by atoms with Crippen molar-refractivity contribution in [1.82, 2.24) is 5.32 Å². The second-order valence-electron chi connectivity index (χ2n) is 5.95. The molecule has 0 aliphatic heterocycles. The van der Waals surface area contributed by atoms with Crippen molar-refractivity contribution >= 4 is 5.91 Å². The summed E-state index contributed by atoms with van der Waals surface area (Å²) in [6.45, 7) is 5.50. The van der Waals surface area contributed by atoms with Crippen molar-refractivity contribution in [1.29, 1.82) is 0 Å². The minimum atomic E-state index is 0.169. The van der Waals surface area contributed by atoms with E-state index in [1.54, 1.807) is 0 Å². The van der Waals surface area contributed by atoms with Gasteiger partial charge in [0.05, 0.1) is 12.7 Å². The zero-order valence-corrected chi connectivity index (χ0v) is 13.2. The fraction of sp³-hybridized carbons (Fsp3) is 0.938. The first kappa shape index (κ1) is 17.4. The second kappa shape index (κ2) is 10.2. The van der Waals surface area contributed by atoms with Crippen LogP contribution in [0.4, 0.5) is 0 Å². The Bertz CT molecular complexity index is 263. The molecule has 1 rings (SSSR count). The molecule has 4 nitrogen and oxygen atoms in total. The van der Waals surface area contributed by atoms with E-state index < -0.39 is 0 Å². The van der Waals surface area contributed by atoms with Crippen molar-refractivity contribution in [3.05, 3.63) is 0 Å². The van der Waals surface area contributed by atoms with Gasteiger partial charge in [-0.25, -0.2) is 0 Å². The molecule has 0 spiro atoms. The maximum absolute atomic E-state index is 12.0. The van der Waals surface area contributed by atoms with Gasteiger partial charge in [0.25, 0.3) is 0 Å². The van der Waals surface area contributed by atoms with Crippen LogP contribution in [-0.4, -0.2) is 31.2 Å². The van der Waals surface area contributed by atoms with Gasteiger partial charge >= 0.3 is 0 Å². The van der Waals surface area contributed by atoms with Crippen LogP contribution < -0.4 is 11.1 Å². The van der Waals surface area contributed by atoms with E-state index >= 15 is 0 Å². The van der Waals surface area contributed by atoms with Gasteiger partial charge in [-0.05, 0) is 38.5 Å². The average molecular weight is 284 g/mol. The molecule has 118 valence electrons. The predicted molar refractivity (Wildman–Crippen MR) is 82.5 cm³/mol. The van der Waals surface area contributed by atoms with E-state index in [1.165, 1.54) is 0 Å². The standard InChI is InChI=1S/C16H32N2O2/c1-3-5-6-13(4-2)16(19)18-11-12-20-15-9-7-14(17)8-10-15/h13-15H,3-12,17H2,1-2H3,(H,18,19). The Hall–Kier alpha value is -0.610. The lowest BCUT2D eigenvalue weighted by atomic mass is 9.94. The summed E-state index contributed by atoms with van der Waals surface area (Å²) in [4.78, 5) is 12.0. The van der Waals surface area contributed by atoms with Crippen molar-refractivity contribution in [3.63, 3.8) is 0 Å². The van der Waals surface area contributed by atoms with Crippen LogP contribution in [0.1, 0.15) is 65.2 Å². The Balaban J connectivity index is 2.08. The Morgan fingerprint density at radius 1 is 1.30 bits per heavy atom. The third-order valence-electron chi connectivity index (χ3n) is 4.24. The van der Waals surface area contributed by atoms with Crippen LogP contribution in [0.5, 0.6) is 0 Å². The fourth-order valence-electron chi connectivity index (χ4n) is 2.77. The summed E-state index contributed by atoms with van der Waals surface area (Å²) in [7, 11) is 0. The van der Waals surface area contributed by atoms with Gasteiger partial charge in [0, 0.05) is 18.5 Å². The molecule has 3 N–H and O–H groups in total. The first-order valence-corrected chi connectivity index (χ1v) is 8.32. The number of carbonyl (C=O) groups is 1. The number of ether oxygens (including phenoxy) is 1. The number of nitrogens with one attached hydrogen (secondary N) is 1. The first-order valence-electron chi connectivity index (χ1n) is 8.32. The molecule has 20 heavy (non-hydrogen) atoms. The molecule has 0 aromatic carbocycles. The summed E-state index contributed by atoms with van der Waals surface area (Å²) in [6.07, 6.45) is 8.79. The highest BCUT2D eigenvalue weighted by atomic mass is 16.5. The zero-order valence-electron chi connectivity index (χ0n) is 13.2. The van der Waals surface area contributed by atoms with Crippen molar-refractivity contribution in [2.24, 2.45) is 11.7 Å². The molecule has 0 heterocycles. The minimum Gasteiger partial charge on any atom is -0.376 e. The van der Waals surface area contributed by atoms with Gasteiger partial charge in [0.15, 0.2) is 0 Å². The Morgan fingerprint density at radius 2 is 2.00 bits per heavy atom. The first-order chi connectivity index (χ1) is 9.67. The summed E-state index contributed by atoms with van der Waals surface area (Å²) in [6, 6.07) is 0.360. The van der Waals surface area contributed by atoms with Crippen LogP contribution in [0.3, 0.4) is 0 Å². The molecular formula is C16H32N2O2. The van der Waals surface area contributed by atoms with E-state index in [1.807, 2.05) is 0 Å². The number of nitrogens with two attached hydrogens (primary N) is 1. The van der Waals surface area contributed by atoms with Crippen molar-refractivity contribution in [2.75, 3.05) is 13.2 Å². The molecule has 0 saturated heterocycles. The number of rotatable bonds is 9. The van der Waals surface area contributed by atoms with E-state index in [0.717, 1.165) is 51.4 Å². The summed E-state index contributed by atoms with van der Waals surface area (Å²) in [5, 5.41) is 3.00. The van der Waals surface area contributed by atoms with E-state index in [-0.39, 0.29) is 11.8 Å². The van der Waals surface area contributed by atoms with Crippen LogP contribution in [0.25, 0.3) is 0 Å². The van der Waals surface area contributed by atoms with Crippen molar-refractivity contribution in [3.8, 4) is 0 Å². The Morgan fingerprint density at radius 3 is 2.60 bits per heavy atom. The summed E-state index contributed by atoms with van der Waals surface area (Å²) < 4.78 is 5.81. The Kier molecular flexibility index (Phi) is 8.86. The largest absolute Gasteiger partial charge is 0.376 e. The van der Waals surface area contributed by atoms with E-state index in [2.05, 4.69) is 19.2 Å². The number of amides is 1. The normalized spacial score (nSPS) is 24.4. The molecule has 0 radical (unpaired) electrons. The van der Waals surface area contributed by atoms with E-state index in [0.29, 0.717) is 25.3 Å². The third-order valence-corrected chi connectivity index (χ3v) is 4.24. The maximum atomic E-state index is 12.0. The Labute approximate surface area is 123 Å². The highest BCUT2D eigenvalue weighted by Crippen LogP contribution is 2.19. The lowest BCUT2D eigenvalue weighted by Gasteiger charge is -2.26. The lowest BCUT2D eigenvalue weighted by Crippen LogP contribution is -2.35. The lowest BCUT2D eigenvalue weighted by molar-refractivity contribution is -0.125. The van der Waals surface area contributed by atoms with Gasteiger partial charge in [-0.3, -0.25) is 4.79 Å². The maximum Gasteiger partial charge on any atom is 0.223 e. The van der Waals surface area contributed by atoms with Gasteiger partial charge in [-0.1, -0.05) is 26.7 Å². The molecule has 1 saturated carbocycles. The molecule has 1 atom stereocenters. The smallest absolute Gasteiger partial charge is 0.223 e. The van der Waals surface area contributed by atoms with Crippen molar-refractivity contribution in [2.45, 2.75) is 77.4 Å². The average Bonchev–Trinajstić information content (AvgIpc) is 2.46. The summed E-state index contributed by atoms with van der Waals surface area (Å²) in [5.41, 5.74) is 5.87. The van der Waals surface area contributed by atoms with Crippen LogP contribution in [0.15, 0.2) is 0 Å². The highest BCUT2D eigenvalue weighted by Gasteiger charge is 2.19. The van der Waals surface area contributed by atoms with Gasteiger partial charge in [-0.2, -0.15) is 0 Å². The fourth-order valence-corrected chi connectivity index (χ4v) is 2.77. The van der Waals surface area contributed by atoms with Crippen molar-refractivity contribution < 1.29 is 9.53 Å². The molecule has 0 aromatic rings. The zero-order chi connectivity index (χ0) is 14.8. The van der Waals surface area contributed by atoms with Crippen LogP contribution in [0, 0.1) is 5.92 Å². The van der Waals surface area contributed by atoms with E-state index in [4.69, 9.17) is 10.5 Å². The van der Waals surface area contributed by atoms with Gasteiger partial charge in [0.1, 0.15) is 0 Å². The quantitative estimate of drug-likeness (QED) is 0.640. The monoisotopic (exact) mass is 284 g/mol. The van der Waals surface area contributed by atoms with Gasteiger partial charge < -0.3 is 15.8 Å². The highest BCUT2D eigenvalue weighted by molar-refractivity contribution is 5.78. The number of hydrogen-bond acceptors (Lipinski definition) is 3. The molecule has 1 aliphatic carbocycles. The molecule has 0 aromatic heterocycles. The SMILES string of the molecule is CCCCC(CC)C(=O)NCCOC1CCC(N)CC1.